The Labute approximate surface area is 130 Å². The summed E-state index contributed by atoms with van der Waals surface area (Å²) in [6.07, 6.45) is -0.654. The first-order valence-electron chi connectivity index (χ1n) is 7.31. The fourth-order valence-electron chi connectivity index (χ4n) is 2.56. The molecule has 120 valence electrons. The number of fused-ring (bicyclic) bond motifs is 1. The zero-order chi connectivity index (χ0) is 16.3. The van der Waals surface area contributed by atoms with E-state index >= 15 is 0 Å². The van der Waals surface area contributed by atoms with Gasteiger partial charge in [-0.3, -0.25) is 9.59 Å². The van der Waals surface area contributed by atoms with Crippen LogP contribution >= 0.6 is 0 Å². The van der Waals surface area contributed by atoms with Crippen LogP contribution in [-0.2, 0) is 9.59 Å². The van der Waals surface area contributed by atoms with Crippen molar-refractivity contribution >= 4 is 11.9 Å². The fourth-order valence-corrected chi connectivity index (χ4v) is 2.56. The molecule has 0 spiro atoms. The highest BCUT2D eigenvalue weighted by Crippen LogP contribution is 2.38. The molecule has 1 aliphatic heterocycles. The molecule has 1 heterocycles. The maximum atomic E-state index is 12.7. The van der Waals surface area contributed by atoms with Gasteiger partial charge < -0.3 is 19.6 Å². The zero-order valence-corrected chi connectivity index (χ0v) is 13.2. The van der Waals surface area contributed by atoms with Crippen LogP contribution in [0.4, 0.5) is 0 Å². The van der Waals surface area contributed by atoms with Crippen LogP contribution in [0.5, 0.6) is 5.75 Å². The van der Waals surface area contributed by atoms with Crippen LogP contribution in [0.15, 0.2) is 24.3 Å². The van der Waals surface area contributed by atoms with Gasteiger partial charge in [0, 0.05) is 24.6 Å². The number of likely N-dealkylation sites (N-methyl/N-ethyl adjacent to an activating group) is 1. The van der Waals surface area contributed by atoms with Crippen molar-refractivity contribution in [1.82, 2.24) is 9.80 Å². The Bertz CT molecular complexity index is 559. The van der Waals surface area contributed by atoms with Crippen LogP contribution in [0.3, 0.4) is 0 Å². The minimum Gasteiger partial charge on any atom is -0.480 e. The van der Waals surface area contributed by atoms with E-state index in [0.717, 1.165) is 5.56 Å². The van der Waals surface area contributed by atoms with Gasteiger partial charge in [-0.15, -0.1) is 0 Å². The van der Waals surface area contributed by atoms with Gasteiger partial charge in [-0.1, -0.05) is 25.1 Å². The Hall–Kier alpha value is -2.08. The van der Waals surface area contributed by atoms with Crippen molar-refractivity contribution in [3.05, 3.63) is 29.8 Å². The number of carboxylic acid groups (broad SMARTS) is 1. The van der Waals surface area contributed by atoms with Crippen molar-refractivity contribution in [3.8, 4) is 5.75 Å². The average Bonchev–Trinajstić information content (AvgIpc) is 2.80. The molecule has 0 saturated heterocycles. The molecular weight excluding hydrogens is 284 g/mol. The Morgan fingerprint density at radius 3 is 2.50 bits per heavy atom. The minimum absolute atomic E-state index is 0.0839. The number of carboxylic acids is 1. The molecule has 0 unspecified atom stereocenters. The molecule has 1 aliphatic rings. The lowest BCUT2D eigenvalue weighted by atomic mass is 9.97. The topological polar surface area (TPSA) is 70.1 Å². The van der Waals surface area contributed by atoms with Gasteiger partial charge in [0.15, 0.2) is 6.10 Å². The molecule has 6 heteroatoms. The lowest BCUT2D eigenvalue weighted by Crippen LogP contribution is -2.47. The van der Waals surface area contributed by atoms with E-state index in [2.05, 4.69) is 0 Å². The van der Waals surface area contributed by atoms with Crippen LogP contribution in [0, 0.1) is 0 Å². The summed E-state index contributed by atoms with van der Waals surface area (Å²) in [7, 11) is 3.77. The van der Waals surface area contributed by atoms with Gasteiger partial charge in [-0.25, -0.2) is 0 Å². The molecule has 0 saturated carbocycles. The van der Waals surface area contributed by atoms with E-state index in [1.54, 1.807) is 0 Å². The van der Waals surface area contributed by atoms with Crippen molar-refractivity contribution in [1.29, 1.82) is 0 Å². The van der Waals surface area contributed by atoms with Gasteiger partial charge in [0.1, 0.15) is 12.3 Å². The molecule has 2 atom stereocenters. The molecule has 0 aromatic heterocycles. The Balaban J connectivity index is 2.12. The SMILES string of the molecule is C[C@@H]1c2ccccc2O[C@H]1C(=O)N(CCN(C)C)CC(=O)O. The quantitative estimate of drug-likeness (QED) is 0.850. The van der Waals surface area contributed by atoms with E-state index in [-0.39, 0.29) is 18.4 Å². The van der Waals surface area contributed by atoms with E-state index in [0.29, 0.717) is 18.8 Å². The second kappa shape index (κ2) is 6.79. The Morgan fingerprint density at radius 1 is 1.23 bits per heavy atom. The molecule has 6 nitrogen and oxygen atoms in total. The molecule has 1 aromatic rings. The fraction of sp³-hybridized carbons (Fsp3) is 0.500. The summed E-state index contributed by atoms with van der Waals surface area (Å²) >= 11 is 0. The number of hydrogen-bond donors (Lipinski definition) is 1. The maximum Gasteiger partial charge on any atom is 0.323 e. The molecule has 0 aliphatic carbocycles. The van der Waals surface area contributed by atoms with Crippen LogP contribution in [0.1, 0.15) is 18.4 Å². The lowest BCUT2D eigenvalue weighted by molar-refractivity contribution is -0.148. The number of amides is 1. The van der Waals surface area contributed by atoms with E-state index in [1.165, 1.54) is 4.90 Å². The van der Waals surface area contributed by atoms with Crippen molar-refractivity contribution in [2.75, 3.05) is 33.7 Å². The lowest BCUT2D eigenvalue weighted by Gasteiger charge is -2.26. The molecular formula is C16H22N2O4. The first kappa shape index (κ1) is 16.3. The number of rotatable bonds is 6. The van der Waals surface area contributed by atoms with E-state index in [9.17, 15) is 9.59 Å². The predicted molar refractivity (Wildman–Crippen MR) is 82.0 cm³/mol. The molecule has 0 fully saturated rings. The number of carbonyl (C=O) groups is 2. The Morgan fingerprint density at radius 2 is 1.91 bits per heavy atom. The summed E-state index contributed by atoms with van der Waals surface area (Å²) in [5, 5.41) is 9.03. The number of aliphatic carboxylic acids is 1. The summed E-state index contributed by atoms with van der Waals surface area (Å²) in [6.45, 7) is 2.59. The minimum atomic E-state index is -1.02. The second-order valence-electron chi connectivity index (χ2n) is 5.82. The van der Waals surface area contributed by atoms with Gasteiger partial charge in [-0.05, 0) is 20.2 Å². The summed E-state index contributed by atoms with van der Waals surface area (Å²) in [5.74, 6) is -0.668. The molecule has 1 aromatic carbocycles. The van der Waals surface area contributed by atoms with Crippen molar-refractivity contribution < 1.29 is 19.4 Å². The van der Waals surface area contributed by atoms with Crippen molar-refractivity contribution in [3.63, 3.8) is 0 Å². The van der Waals surface area contributed by atoms with Gasteiger partial charge >= 0.3 is 5.97 Å². The molecule has 0 bridgehead atoms. The van der Waals surface area contributed by atoms with Crippen LogP contribution < -0.4 is 4.74 Å². The van der Waals surface area contributed by atoms with Gasteiger partial charge in [0.05, 0.1) is 0 Å². The summed E-state index contributed by atoms with van der Waals surface area (Å²) < 4.78 is 5.75. The molecule has 22 heavy (non-hydrogen) atoms. The number of para-hydroxylation sites is 1. The standard InChI is InChI=1S/C16H22N2O4/c1-11-12-6-4-5-7-13(12)22-15(11)16(21)18(10-14(19)20)9-8-17(2)3/h4-7,11,15H,8-10H2,1-3H3,(H,19,20)/t11-,15-/m1/s1. The highest BCUT2D eigenvalue weighted by atomic mass is 16.5. The second-order valence-corrected chi connectivity index (χ2v) is 5.82. The highest BCUT2D eigenvalue weighted by molar-refractivity contribution is 5.86. The molecule has 1 amide bonds. The molecule has 0 radical (unpaired) electrons. The van der Waals surface area contributed by atoms with E-state index in [1.807, 2.05) is 50.2 Å². The number of benzene rings is 1. The number of hydrogen-bond acceptors (Lipinski definition) is 4. The van der Waals surface area contributed by atoms with Crippen molar-refractivity contribution in [2.24, 2.45) is 0 Å². The number of carbonyl (C=O) groups excluding carboxylic acids is 1. The zero-order valence-electron chi connectivity index (χ0n) is 13.2. The summed E-state index contributed by atoms with van der Waals surface area (Å²) in [5.41, 5.74) is 0.990. The first-order chi connectivity index (χ1) is 10.4. The summed E-state index contributed by atoms with van der Waals surface area (Å²) in [4.78, 5) is 27.0. The normalized spacial score (nSPS) is 19.6. The smallest absolute Gasteiger partial charge is 0.323 e. The molecule has 2 rings (SSSR count). The van der Waals surface area contributed by atoms with Crippen LogP contribution in [-0.4, -0.2) is 66.6 Å². The average molecular weight is 306 g/mol. The van der Waals surface area contributed by atoms with Gasteiger partial charge in [-0.2, -0.15) is 0 Å². The third-order valence-electron chi connectivity index (χ3n) is 3.82. The first-order valence-corrected chi connectivity index (χ1v) is 7.31. The van der Waals surface area contributed by atoms with Gasteiger partial charge in [0.2, 0.25) is 0 Å². The van der Waals surface area contributed by atoms with E-state index < -0.39 is 12.1 Å². The number of ether oxygens (including phenoxy) is 1. The van der Waals surface area contributed by atoms with E-state index in [4.69, 9.17) is 9.84 Å². The monoisotopic (exact) mass is 306 g/mol. The maximum absolute atomic E-state index is 12.7. The highest BCUT2D eigenvalue weighted by Gasteiger charge is 2.38. The van der Waals surface area contributed by atoms with Crippen LogP contribution in [0.25, 0.3) is 0 Å². The third kappa shape index (κ3) is 3.57. The number of nitrogens with zero attached hydrogens (tertiary/aromatic N) is 2. The Kier molecular flexibility index (Phi) is 5.03. The van der Waals surface area contributed by atoms with Gasteiger partial charge in [0.25, 0.3) is 5.91 Å². The largest absolute Gasteiger partial charge is 0.480 e. The predicted octanol–water partition coefficient (Wildman–Crippen LogP) is 1.03. The van der Waals surface area contributed by atoms with Crippen molar-refractivity contribution in [2.45, 2.75) is 18.9 Å². The summed E-state index contributed by atoms with van der Waals surface area (Å²) in [6, 6.07) is 7.54. The van der Waals surface area contributed by atoms with Crippen LogP contribution in [0.2, 0.25) is 0 Å². The third-order valence-corrected chi connectivity index (χ3v) is 3.82. The molecule has 1 N–H and O–H groups in total.